The molecule has 2 aromatic rings. The molecule has 0 fully saturated rings. The lowest BCUT2D eigenvalue weighted by Crippen LogP contribution is -1.98. The molecule has 0 aliphatic heterocycles. The fraction of sp³-hybridized carbons (Fsp3) is 0.0909. The first-order valence-corrected chi connectivity index (χ1v) is 7.06. The van der Waals surface area contributed by atoms with Crippen molar-refractivity contribution < 1.29 is 12.3 Å². The van der Waals surface area contributed by atoms with Gasteiger partial charge in [0.2, 0.25) is 0 Å². The third-order valence-corrected chi connectivity index (χ3v) is 3.86. The van der Waals surface area contributed by atoms with Gasteiger partial charge < -0.3 is 0 Å². The van der Waals surface area contributed by atoms with Gasteiger partial charge in [-0.05, 0) is 22.4 Å². The average Bonchev–Trinajstić information content (AvgIpc) is 2.26. The molecule has 0 N–H and O–H groups in total. The summed E-state index contributed by atoms with van der Waals surface area (Å²) >= 11 is 3.19. The van der Waals surface area contributed by atoms with Gasteiger partial charge in [-0.25, -0.2) is 0 Å². The highest BCUT2D eigenvalue weighted by molar-refractivity contribution is 9.08. The van der Waals surface area contributed by atoms with Gasteiger partial charge in [-0.3, -0.25) is 0 Å². The van der Waals surface area contributed by atoms with E-state index in [9.17, 15) is 12.3 Å². The Hall–Kier alpha value is -0.940. The topological polar surface area (TPSA) is 34.1 Å². The molecule has 0 spiro atoms. The van der Waals surface area contributed by atoms with Gasteiger partial charge in [-0.2, -0.15) is 8.42 Å². The summed E-state index contributed by atoms with van der Waals surface area (Å²) in [5, 5.41) is 1.94. The van der Waals surface area contributed by atoms with Gasteiger partial charge in [0.25, 0.3) is 0 Å². The summed E-state index contributed by atoms with van der Waals surface area (Å²) in [5.41, 5.74) is 0.459. The Labute approximate surface area is 101 Å². The van der Waals surface area contributed by atoms with E-state index in [-0.39, 0.29) is 4.90 Å². The Bertz CT molecular complexity index is 637. The van der Waals surface area contributed by atoms with Gasteiger partial charge in [0, 0.05) is 5.33 Å². The van der Waals surface area contributed by atoms with E-state index in [1.165, 1.54) is 6.07 Å². The summed E-state index contributed by atoms with van der Waals surface area (Å²) < 4.78 is 35.0. The molecular weight excluding hydrogens is 295 g/mol. The van der Waals surface area contributed by atoms with Crippen LogP contribution in [0.1, 0.15) is 5.56 Å². The third kappa shape index (κ3) is 1.97. The predicted molar refractivity (Wildman–Crippen MR) is 64.9 cm³/mol. The van der Waals surface area contributed by atoms with Gasteiger partial charge in [0.05, 0.1) is 0 Å². The number of benzene rings is 2. The van der Waals surface area contributed by atoms with Crippen molar-refractivity contribution in [1.82, 2.24) is 0 Å². The van der Waals surface area contributed by atoms with E-state index < -0.39 is 10.2 Å². The fourth-order valence-electron chi connectivity index (χ4n) is 1.68. The Balaban J connectivity index is 2.89. The van der Waals surface area contributed by atoms with Crippen molar-refractivity contribution >= 4 is 36.9 Å². The maximum Gasteiger partial charge on any atom is 0.332 e. The number of hydrogen-bond donors (Lipinski definition) is 0. The van der Waals surface area contributed by atoms with Crippen molar-refractivity contribution in [2.75, 3.05) is 0 Å². The standard InChI is InChI=1S/C11H8BrFO2S/c12-7-10-9-4-2-1-3-8(9)5-6-11(10)16(13,14)15/h1-6H,7H2. The van der Waals surface area contributed by atoms with E-state index in [1.807, 2.05) is 12.1 Å². The van der Waals surface area contributed by atoms with Crippen LogP contribution in [0, 0.1) is 0 Å². The summed E-state index contributed by atoms with van der Waals surface area (Å²) in [6.45, 7) is 0. The maximum absolute atomic E-state index is 13.0. The molecule has 0 saturated heterocycles. The highest BCUT2D eigenvalue weighted by atomic mass is 79.9. The van der Waals surface area contributed by atoms with Crippen molar-refractivity contribution in [3.05, 3.63) is 42.0 Å². The maximum atomic E-state index is 13.0. The van der Waals surface area contributed by atoms with Crippen LogP contribution in [0.5, 0.6) is 0 Å². The number of hydrogen-bond acceptors (Lipinski definition) is 2. The minimum Gasteiger partial charge on any atom is -0.189 e. The van der Waals surface area contributed by atoms with Crippen LogP contribution in [0.4, 0.5) is 3.89 Å². The predicted octanol–water partition coefficient (Wildman–Crippen LogP) is 3.39. The van der Waals surface area contributed by atoms with Crippen LogP contribution in [-0.4, -0.2) is 8.42 Å². The van der Waals surface area contributed by atoms with Gasteiger partial charge >= 0.3 is 10.2 Å². The molecule has 0 aliphatic rings. The normalized spacial score (nSPS) is 11.9. The first-order valence-electron chi connectivity index (χ1n) is 4.55. The summed E-state index contributed by atoms with van der Waals surface area (Å²) in [4.78, 5) is -0.261. The third-order valence-electron chi connectivity index (χ3n) is 2.39. The quantitative estimate of drug-likeness (QED) is 0.629. The number of fused-ring (bicyclic) bond motifs is 1. The second-order valence-corrected chi connectivity index (χ2v) is 5.21. The lowest BCUT2D eigenvalue weighted by molar-refractivity contribution is 0.551. The zero-order valence-corrected chi connectivity index (χ0v) is 10.6. The number of alkyl halides is 1. The van der Waals surface area contributed by atoms with Crippen LogP contribution in [0.25, 0.3) is 10.8 Å². The lowest BCUT2D eigenvalue weighted by Gasteiger charge is -2.07. The van der Waals surface area contributed by atoms with Crippen molar-refractivity contribution in [3.8, 4) is 0 Å². The highest BCUT2D eigenvalue weighted by Crippen LogP contribution is 2.28. The number of rotatable bonds is 2. The van der Waals surface area contributed by atoms with E-state index in [4.69, 9.17) is 0 Å². The van der Waals surface area contributed by atoms with Crippen LogP contribution in [-0.2, 0) is 15.6 Å². The first-order chi connectivity index (χ1) is 7.54. The fourth-order valence-corrected chi connectivity index (χ4v) is 3.18. The monoisotopic (exact) mass is 302 g/mol. The van der Waals surface area contributed by atoms with Crippen LogP contribution < -0.4 is 0 Å². The molecule has 2 rings (SSSR count). The molecule has 2 nitrogen and oxygen atoms in total. The molecule has 0 radical (unpaired) electrons. The second kappa shape index (κ2) is 4.14. The SMILES string of the molecule is O=S(=O)(F)c1ccc2ccccc2c1CBr. The number of halogens is 2. The molecular formula is C11H8BrFO2S. The van der Waals surface area contributed by atoms with E-state index in [0.717, 1.165) is 10.8 Å². The van der Waals surface area contributed by atoms with Crippen LogP contribution in [0.2, 0.25) is 0 Å². The van der Waals surface area contributed by atoms with Crippen molar-refractivity contribution in [2.24, 2.45) is 0 Å². The molecule has 0 heterocycles. The molecule has 0 aromatic heterocycles. The molecule has 0 aliphatic carbocycles. The average molecular weight is 303 g/mol. The molecule has 0 saturated carbocycles. The summed E-state index contributed by atoms with van der Waals surface area (Å²) in [6, 6.07) is 10.2. The zero-order chi connectivity index (χ0) is 11.8. The van der Waals surface area contributed by atoms with Crippen LogP contribution >= 0.6 is 15.9 Å². The van der Waals surface area contributed by atoms with Gasteiger partial charge in [-0.1, -0.05) is 46.3 Å². The molecule has 5 heteroatoms. The summed E-state index contributed by atoms with van der Waals surface area (Å²) in [7, 11) is -4.67. The molecule has 84 valence electrons. The second-order valence-electron chi connectivity index (χ2n) is 3.33. The highest BCUT2D eigenvalue weighted by Gasteiger charge is 2.18. The first kappa shape index (κ1) is 11.5. The largest absolute Gasteiger partial charge is 0.332 e. The minimum atomic E-state index is -4.67. The Morgan fingerprint density at radius 1 is 1.12 bits per heavy atom. The van der Waals surface area contributed by atoms with E-state index >= 15 is 0 Å². The molecule has 16 heavy (non-hydrogen) atoms. The zero-order valence-electron chi connectivity index (χ0n) is 8.15. The van der Waals surface area contributed by atoms with Crippen molar-refractivity contribution in [2.45, 2.75) is 10.2 Å². The van der Waals surface area contributed by atoms with Gasteiger partial charge in [0.15, 0.2) is 0 Å². The van der Waals surface area contributed by atoms with Crippen LogP contribution in [0.3, 0.4) is 0 Å². The Kier molecular flexibility index (Phi) is 2.99. The van der Waals surface area contributed by atoms with Gasteiger partial charge in [0.1, 0.15) is 4.90 Å². The molecule has 0 amide bonds. The Morgan fingerprint density at radius 2 is 1.81 bits per heavy atom. The summed E-state index contributed by atoms with van der Waals surface area (Å²) in [6.07, 6.45) is 0. The molecule has 0 unspecified atom stereocenters. The minimum absolute atomic E-state index is 0.261. The molecule has 0 bridgehead atoms. The molecule has 2 aromatic carbocycles. The van der Waals surface area contributed by atoms with Crippen LogP contribution in [0.15, 0.2) is 41.3 Å². The van der Waals surface area contributed by atoms with E-state index in [2.05, 4.69) is 15.9 Å². The van der Waals surface area contributed by atoms with E-state index in [1.54, 1.807) is 18.2 Å². The van der Waals surface area contributed by atoms with E-state index in [0.29, 0.717) is 10.9 Å². The summed E-state index contributed by atoms with van der Waals surface area (Å²) in [5.74, 6) is 0. The lowest BCUT2D eigenvalue weighted by atomic mass is 10.1. The smallest absolute Gasteiger partial charge is 0.189 e. The van der Waals surface area contributed by atoms with Gasteiger partial charge in [-0.15, -0.1) is 3.89 Å². The van der Waals surface area contributed by atoms with Crippen molar-refractivity contribution in [3.63, 3.8) is 0 Å². The Morgan fingerprint density at radius 3 is 2.44 bits per heavy atom. The molecule has 0 atom stereocenters. The van der Waals surface area contributed by atoms with Crippen molar-refractivity contribution in [1.29, 1.82) is 0 Å².